The number of hydrogen-bond donors (Lipinski definition) is 1. The second-order valence-electron chi connectivity index (χ2n) is 6.48. The average Bonchev–Trinajstić information content (AvgIpc) is 3.09. The Kier molecular flexibility index (Phi) is 5.90. The van der Waals surface area contributed by atoms with Gasteiger partial charge in [-0.25, -0.2) is 4.98 Å². The van der Waals surface area contributed by atoms with E-state index in [1.165, 1.54) is 11.8 Å². The Labute approximate surface area is 148 Å². The summed E-state index contributed by atoms with van der Waals surface area (Å²) in [6.07, 6.45) is 8.62. The first-order valence-electron chi connectivity index (χ1n) is 8.71. The molecule has 1 saturated heterocycles. The number of nitrogens with one attached hydrogen (secondary N) is 1. The molecule has 25 heavy (non-hydrogen) atoms. The molecule has 0 radical (unpaired) electrons. The van der Waals surface area contributed by atoms with Crippen molar-refractivity contribution in [3.05, 3.63) is 65.8 Å². The van der Waals surface area contributed by atoms with Crippen LogP contribution >= 0.6 is 0 Å². The number of rotatable bonds is 6. The van der Waals surface area contributed by atoms with Gasteiger partial charge in [0.25, 0.3) is 5.91 Å². The minimum atomic E-state index is -0.144. The molecular weight excluding hydrogens is 312 g/mol. The van der Waals surface area contributed by atoms with Crippen molar-refractivity contribution in [1.82, 2.24) is 20.2 Å². The standard InChI is InChI=1S/C20H24N4O/c1-16-12-22-19(14-21-16)20(25)23-13-18-9-11-24(15-18)10-5-8-17-6-3-2-4-7-17/h2-8,12,14,18H,9-11,13,15H2,1H3,(H,23,25). The highest BCUT2D eigenvalue weighted by Crippen LogP contribution is 2.15. The van der Waals surface area contributed by atoms with E-state index < -0.39 is 0 Å². The zero-order valence-electron chi connectivity index (χ0n) is 14.6. The van der Waals surface area contributed by atoms with Crippen LogP contribution < -0.4 is 5.32 Å². The van der Waals surface area contributed by atoms with Gasteiger partial charge >= 0.3 is 0 Å². The molecule has 1 aromatic heterocycles. The number of carbonyl (C=O) groups excluding carboxylic acids is 1. The first-order chi connectivity index (χ1) is 12.2. The van der Waals surface area contributed by atoms with Gasteiger partial charge in [-0.3, -0.25) is 14.7 Å². The Morgan fingerprint density at radius 1 is 1.28 bits per heavy atom. The fourth-order valence-electron chi connectivity index (χ4n) is 2.98. The third-order valence-electron chi connectivity index (χ3n) is 4.41. The molecule has 0 spiro atoms. The van der Waals surface area contributed by atoms with Crippen LogP contribution in [-0.4, -0.2) is 47.0 Å². The van der Waals surface area contributed by atoms with Crippen LogP contribution in [0.4, 0.5) is 0 Å². The maximum absolute atomic E-state index is 12.1. The zero-order chi connectivity index (χ0) is 17.5. The smallest absolute Gasteiger partial charge is 0.271 e. The van der Waals surface area contributed by atoms with Crippen molar-refractivity contribution in [2.24, 2.45) is 5.92 Å². The minimum absolute atomic E-state index is 0.144. The summed E-state index contributed by atoms with van der Waals surface area (Å²) in [5.41, 5.74) is 2.42. The molecule has 2 heterocycles. The van der Waals surface area contributed by atoms with Gasteiger partial charge in [-0.1, -0.05) is 42.5 Å². The van der Waals surface area contributed by atoms with Crippen molar-refractivity contribution in [2.75, 3.05) is 26.2 Å². The number of aromatic nitrogens is 2. The zero-order valence-corrected chi connectivity index (χ0v) is 14.6. The van der Waals surface area contributed by atoms with Crippen LogP contribution in [0.25, 0.3) is 6.08 Å². The fourth-order valence-corrected chi connectivity index (χ4v) is 2.98. The van der Waals surface area contributed by atoms with Crippen molar-refractivity contribution in [2.45, 2.75) is 13.3 Å². The predicted molar refractivity (Wildman–Crippen MR) is 99.1 cm³/mol. The monoisotopic (exact) mass is 336 g/mol. The van der Waals surface area contributed by atoms with E-state index in [-0.39, 0.29) is 5.91 Å². The lowest BCUT2D eigenvalue weighted by molar-refractivity contribution is 0.0942. The van der Waals surface area contributed by atoms with Crippen molar-refractivity contribution in [3.63, 3.8) is 0 Å². The molecule has 1 fully saturated rings. The molecule has 1 atom stereocenters. The highest BCUT2D eigenvalue weighted by atomic mass is 16.1. The summed E-state index contributed by atoms with van der Waals surface area (Å²) < 4.78 is 0. The molecule has 130 valence electrons. The number of benzene rings is 1. The maximum atomic E-state index is 12.1. The molecule has 1 N–H and O–H groups in total. The first-order valence-corrected chi connectivity index (χ1v) is 8.71. The minimum Gasteiger partial charge on any atom is -0.350 e. The SMILES string of the molecule is Cc1cnc(C(=O)NCC2CCN(CC=Cc3ccccc3)C2)cn1. The van der Waals surface area contributed by atoms with Gasteiger partial charge in [0.2, 0.25) is 0 Å². The van der Waals surface area contributed by atoms with Crippen LogP contribution in [0.1, 0.15) is 28.2 Å². The van der Waals surface area contributed by atoms with Gasteiger partial charge in [0.05, 0.1) is 11.9 Å². The molecule has 5 heteroatoms. The Hall–Kier alpha value is -2.53. The summed E-state index contributed by atoms with van der Waals surface area (Å²) >= 11 is 0. The summed E-state index contributed by atoms with van der Waals surface area (Å²) in [5, 5.41) is 2.98. The average molecular weight is 336 g/mol. The lowest BCUT2D eigenvalue weighted by Crippen LogP contribution is -2.31. The molecule has 0 bridgehead atoms. The number of hydrogen-bond acceptors (Lipinski definition) is 4. The van der Waals surface area contributed by atoms with Gasteiger partial charge in [-0.05, 0) is 31.4 Å². The van der Waals surface area contributed by atoms with Gasteiger partial charge in [0.15, 0.2) is 0 Å². The normalized spacial score (nSPS) is 17.9. The first kappa shape index (κ1) is 17.3. The van der Waals surface area contributed by atoms with E-state index in [0.717, 1.165) is 31.7 Å². The fraction of sp³-hybridized carbons (Fsp3) is 0.350. The number of carbonyl (C=O) groups is 1. The summed E-state index contributed by atoms with van der Waals surface area (Å²) in [6, 6.07) is 10.3. The van der Waals surface area contributed by atoms with E-state index in [9.17, 15) is 4.79 Å². The van der Waals surface area contributed by atoms with E-state index in [0.29, 0.717) is 18.2 Å². The number of amides is 1. The van der Waals surface area contributed by atoms with Crippen LogP contribution in [0.15, 0.2) is 48.8 Å². The van der Waals surface area contributed by atoms with Crippen LogP contribution in [0, 0.1) is 12.8 Å². The Balaban J connectivity index is 1.40. The highest BCUT2D eigenvalue weighted by molar-refractivity contribution is 5.91. The predicted octanol–water partition coefficient (Wildman–Crippen LogP) is 2.55. The molecule has 3 rings (SSSR count). The number of aryl methyl sites for hydroxylation is 1. The Morgan fingerprint density at radius 3 is 2.88 bits per heavy atom. The van der Waals surface area contributed by atoms with E-state index in [1.807, 2.05) is 25.1 Å². The Bertz CT molecular complexity index is 712. The van der Waals surface area contributed by atoms with Gasteiger partial charge in [-0.15, -0.1) is 0 Å². The quantitative estimate of drug-likeness (QED) is 0.881. The molecule has 0 saturated carbocycles. The van der Waals surface area contributed by atoms with Crippen molar-refractivity contribution >= 4 is 12.0 Å². The second kappa shape index (κ2) is 8.53. The lowest BCUT2D eigenvalue weighted by atomic mass is 10.1. The summed E-state index contributed by atoms with van der Waals surface area (Å²) in [6.45, 7) is 5.58. The summed E-state index contributed by atoms with van der Waals surface area (Å²) in [4.78, 5) is 22.7. The van der Waals surface area contributed by atoms with Gasteiger partial charge < -0.3 is 5.32 Å². The van der Waals surface area contributed by atoms with Gasteiger partial charge in [0, 0.05) is 25.8 Å². The third kappa shape index (κ3) is 5.22. The molecule has 1 aliphatic rings. The van der Waals surface area contributed by atoms with Gasteiger partial charge in [0.1, 0.15) is 5.69 Å². The van der Waals surface area contributed by atoms with E-state index in [1.54, 1.807) is 6.20 Å². The third-order valence-corrected chi connectivity index (χ3v) is 4.41. The molecule has 1 aliphatic heterocycles. The number of nitrogens with zero attached hydrogens (tertiary/aromatic N) is 3. The molecule has 1 amide bonds. The van der Waals surface area contributed by atoms with E-state index >= 15 is 0 Å². The molecule has 0 aliphatic carbocycles. The number of likely N-dealkylation sites (tertiary alicyclic amines) is 1. The van der Waals surface area contributed by atoms with Crippen molar-refractivity contribution in [1.29, 1.82) is 0 Å². The van der Waals surface area contributed by atoms with Crippen LogP contribution in [0.3, 0.4) is 0 Å². The van der Waals surface area contributed by atoms with Crippen molar-refractivity contribution < 1.29 is 4.79 Å². The molecule has 1 aromatic carbocycles. The van der Waals surface area contributed by atoms with Crippen molar-refractivity contribution in [3.8, 4) is 0 Å². The molecular formula is C20H24N4O. The molecule has 1 unspecified atom stereocenters. The highest BCUT2D eigenvalue weighted by Gasteiger charge is 2.22. The van der Waals surface area contributed by atoms with Crippen LogP contribution in [0.2, 0.25) is 0 Å². The summed E-state index contributed by atoms with van der Waals surface area (Å²) in [7, 11) is 0. The van der Waals surface area contributed by atoms with E-state index in [2.05, 4.69) is 44.5 Å². The second-order valence-corrected chi connectivity index (χ2v) is 6.48. The lowest BCUT2D eigenvalue weighted by Gasteiger charge is -2.14. The van der Waals surface area contributed by atoms with E-state index in [4.69, 9.17) is 0 Å². The molecule has 5 nitrogen and oxygen atoms in total. The van der Waals surface area contributed by atoms with Crippen LogP contribution in [0.5, 0.6) is 0 Å². The topological polar surface area (TPSA) is 58.1 Å². The Morgan fingerprint density at radius 2 is 2.12 bits per heavy atom. The van der Waals surface area contributed by atoms with Gasteiger partial charge in [-0.2, -0.15) is 0 Å². The summed E-state index contributed by atoms with van der Waals surface area (Å²) in [5.74, 6) is 0.349. The maximum Gasteiger partial charge on any atom is 0.271 e. The largest absolute Gasteiger partial charge is 0.350 e. The van der Waals surface area contributed by atoms with Crippen LogP contribution in [-0.2, 0) is 0 Å². The molecule has 2 aromatic rings.